The lowest BCUT2D eigenvalue weighted by Crippen LogP contribution is -2.17. The van der Waals surface area contributed by atoms with Gasteiger partial charge in [0.1, 0.15) is 11.4 Å². The predicted molar refractivity (Wildman–Crippen MR) is 87.2 cm³/mol. The molecule has 0 spiro atoms. The van der Waals surface area contributed by atoms with E-state index in [0.717, 1.165) is 5.56 Å². The number of aromatic hydroxyl groups is 1. The highest BCUT2D eigenvalue weighted by molar-refractivity contribution is 5.94. The summed E-state index contributed by atoms with van der Waals surface area (Å²) in [6.45, 7) is 0. The van der Waals surface area contributed by atoms with Crippen molar-refractivity contribution < 1.29 is 9.90 Å². The van der Waals surface area contributed by atoms with Crippen molar-refractivity contribution in [2.24, 2.45) is 5.10 Å². The third-order valence-corrected chi connectivity index (χ3v) is 3.14. The molecule has 23 heavy (non-hydrogen) atoms. The fourth-order valence-electron chi connectivity index (χ4n) is 2.03. The molecule has 0 aliphatic rings. The summed E-state index contributed by atoms with van der Waals surface area (Å²) in [6, 6.07) is 17.8. The van der Waals surface area contributed by atoms with Crippen LogP contribution in [0.15, 0.2) is 65.8 Å². The maximum atomic E-state index is 12.0. The van der Waals surface area contributed by atoms with Gasteiger partial charge >= 0.3 is 0 Å². The fourth-order valence-corrected chi connectivity index (χ4v) is 2.03. The molecule has 0 atom stereocenters. The van der Waals surface area contributed by atoms with Gasteiger partial charge in [-0.15, -0.1) is 0 Å². The number of carbonyl (C=O) groups excluding carboxylic acids is 1. The standard InChI is InChI=1S/C17H14N4O2/c22-14-8-4-5-12(9-14)11-18-21-17(23)16-10-15(19-20-16)13-6-2-1-3-7-13/h1-11,22H,(H,19,20)(H,21,23)/b18-11-. The maximum absolute atomic E-state index is 12.0. The number of nitrogens with zero attached hydrogens (tertiary/aromatic N) is 2. The summed E-state index contributed by atoms with van der Waals surface area (Å²) >= 11 is 0. The molecule has 1 amide bonds. The second kappa shape index (κ2) is 6.57. The predicted octanol–water partition coefficient (Wildman–Crippen LogP) is 2.55. The van der Waals surface area contributed by atoms with Gasteiger partial charge in [-0.05, 0) is 23.8 Å². The van der Waals surface area contributed by atoms with Gasteiger partial charge in [-0.25, -0.2) is 5.43 Å². The molecule has 0 bridgehead atoms. The Morgan fingerprint density at radius 2 is 1.96 bits per heavy atom. The Hall–Kier alpha value is -3.41. The summed E-state index contributed by atoms with van der Waals surface area (Å²) in [5, 5.41) is 20.0. The van der Waals surface area contributed by atoms with E-state index in [2.05, 4.69) is 20.7 Å². The minimum Gasteiger partial charge on any atom is -0.508 e. The first kappa shape index (κ1) is 14.5. The van der Waals surface area contributed by atoms with E-state index in [0.29, 0.717) is 17.0 Å². The SMILES string of the molecule is O=C(N/N=C\c1cccc(O)c1)c1cc(-c2ccccc2)n[nH]1. The molecule has 3 aromatic rings. The number of hydrogen-bond acceptors (Lipinski definition) is 4. The summed E-state index contributed by atoms with van der Waals surface area (Å²) < 4.78 is 0. The van der Waals surface area contributed by atoms with Gasteiger partial charge in [-0.1, -0.05) is 42.5 Å². The molecule has 114 valence electrons. The molecule has 0 saturated heterocycles. The van der Waals surface area contributed by atoms with Crippen LogP contribution in [-0.2, 0) is 0 Å². The highest BCUT2D eigenvalue weighted by atomic mass is 16.3. The van der Waals surface area contributed by atoms with Gasteiger partial charge in [-0.2, -0.15) is 10.2 Å². The van der Waals surface area contributed by atoms with Crippen LogP contribution in [0.5, 0.6) is 5.75 Å². The van der Waals surface area contributed by atoms with Crippen LogP contribution < -0.4 is 5.43 Å². The Balaban J connectivity index is 1.66. The number of carbonyl (C=O) groups is 1. The third kappa shape index (κ3) is 3.62. The van der Waals surface area contributed by atoms with Crippen molar-refractivity contribution in [1.82, 2.24) is 15.6 Å². The molecule has 6 heteroatoms. The molecule has 3 rings (SSSR count). The Kier molecular flexibility index (Phi) is 4.15. The van der Waals surface area contributed by atoms with Crippen LogP contribution >= 0.6 is 0 Å². The number of phenolic OH excluding ortho intramolecular Hbond substituents is 1. The highest BCUT2D eigenvalue weighted by Crippen LogP contribution is 2.16. The third-order valence-electron chi connectivity index (χ3n) is 3.14. The van der Waals surface area contributed by atoms with E-state index in [1.165, 1.54) is 6.21 Å². The number of benzene rings is 2. The average molecular weight is 306 g/mol. The van der Waals surface area contributed by atoms with Gasteiger partial charge < -0.3 is 5.11 Å². The molecule has 3 N–H and O–H groups in total. The molecule has 0 aliphatic heterocycles. The fraction of sp³-hybridized carbons (Fsp3) is 0. The molecule has 0 fully saturated rings. The number of hydrazone groups is 1. The van der Waals surface area contributed by atoms with E-state index in [1.807, 2.05) is 30.3 Å². The quantitative estimate of drug-likeness (QED) is 0.511. The van der Waals surface area contributed by atoms with E-state index < -0.39 is 5.91 Å². The van der Waals surface area contributed by atoms with E-state index in [-0.39, 0.29) is 5.75 Å². The number of aromatic amines is 1. The van der Waals surface area contributed by atoms with Crippen LogP contribution in [-0.4, -0.2) is 27.4 Å². The van der Waals surface area contributed by atoms with Crippen molar-refractivity contribution in [2.75, 3.05) is 0 Å². The van der Waals surface area contributed by atoms with E-state index in [4.69, 9.17) is 0 Å². The van der Waals surface area contributed by atoms with Crippen LogP contribution in [0.1, 0.15) is 16.1 Å². The van der Waals surface area contributed by atoms with Gasteiger partial charge in [-0.3, -0.25) is 9.89 Å². The summed E-state index contributed by atoms with van der Waals surface area (Å²) in [5.74, 6) is -0.252. The van der Waals surface area contributed by atoms with Gasteiger partial charge in [0.25, 0.3) is 5.91 Å². The van der Waals surface area contributed by atoms with Crippen LogP contribution in [0, 0.1) is 0 Å². The number of rotatable bonds is 4. The topological polar surface area (TPSA) is 90.4 Å². The minimum atomic E-state index is -0.393. The smallest absolute Gasteiger partial charge is 0.289 e. The Morgan fingerprint density at radius 1 is 1.13 bits per heavy atom. The second-order valence-electron chi connectivity index (χ2n) is 4.83. The van der Waals surface area contributed by atoms with Crippen LogP contribution in [0.4, 0.5) is 0 Å². The Labute approximate surface area is 132 Å². The largest absolute Gasteiger partial charge is 0.508 e. The first-order valence-electron chi connectivity index (χ1n) is 6.95. The molecular weight excluding hydrogens is 292 g/mol. The Bertz CT molecular complexity index is 841. The number of aromatic nitrogens is 2. The molecule has 0 aliphatic carbocycles. The molecule has 1 aromatic heterocycles. The number of phenols is 1. The minimum absolute atomic E-state index is 0.140. The summed E-state index contributed by atoms with van der Waals surface area (Å²) in [4.78, 5) is 12.0. The molecule has 0 saturated carbocycles. The normalized spacial score (nSPS) is 10.8. The van der Waals surface area contributed by atoms with E-state index in [1.54, 1.807) is 30.3 Å². The maximum Gasteiger partial charge on any atom is 0.289 e. The van der Waals surface area contributed by atoms with Gasteiger partial charge in [0.2, 0.25) is 0 Å². The lowest BCUT2D eigenvalue weighted by molar-refractivity contribution is 0.0950. The monoisotopic (exact) mass is 306 g/mol. The van der Waals surface area contributed by atoms with Crippen molar-refractivity contribution >= 4 is 12.1 Å². The number of H-pyrrole nitrogens is 1. The summed E-state index contributed by atoms with van der Waals surface area (Å²) in [5.41, 5.74) is 5.02. The molecular formula is C17H14N4O2. The van der Waals surface area contributed by atoms with Gasteiger partial charge in [0.15, 0.2) is 0 Å². The first-order valence-corrected chi connectivity index (χ1v) is 6.95. The number of amides is 1. The second-order valence-corrected chi connectivity index (χ2v) is 4.83. The van der Waals surface area contributed by atoms with Crippen molar-refractivity contribution in [3.8, 4) is 17.0 Å². The van der Waals surface area contributed by atoms with E-state index in [9.17, 15) is 9.90 Å². The zero-order valence-electron chi connectivity index (χ0n) is 12.1. The van der Waals surface area contributed by atoms with Crippen molar-refractivity contribution in [3.05, 3.63) is 71.9 Å². The van der Waals surface area contributed by atoms with Crippen LogP contribution in [0.3, 0.4) is 0 Å². The van der Waals surface area contributed by atoms with Crippen molar-refractivity contribution in [2.45, 2.75) is 0 Å². The number of nitrogens with one attached hydrogen (secondary N) is 2. The van der Waals surface area contributed by atoms with Crippen molar-refractivity contribution in [3.63, 3.8) is 0 Å². The summed E-state index contributed by atoms with van der Waals surface area (Å²) in [6.07, 6.45) is 1.45. The molecule has 2 aromatic carbocycles. The van der Waals surface area contributed by atoms with Gasteiger partial charge in [0.05, 0.1) is 11.9 Å². The van der Waals surface area contributed by atoms with Crippen molar-refractivity contribution in [1.29, 1.82) is 0 Å². The average Bonchev–Trinajstić information content (AvgIpc) is 3.06. The highest BCUT2D eigenvalue weighted by Gasteiger charge is 2.09. The van der Waals surface area contributed by atoms with Gasteiger partial charge in [0, 0.05) is 5.56 Å². The van der Waals surface area contributed by atoms with Crippen LogP contribution in [0.2, 0.25) is 0 Å². The zero-order chi connectivity index (χ0) is 16.1. The number of hydrogen-bond donors (Lipinski definition) is 3. The lowest BCUT2D eigenvalue weighted by Gasteiger charge is -1.96. The van der Waals surface area contributed by atoms with Crippen LogP contribution in [0.25, 0.3) is 11.3 Å². The zero-order valence-corrected chi connectivity index (χ0v) is 12.1. The van der Waals surface area contributed by atoms with E-state index >= 15 is 0 Å². The molecule has 1 heterocycles. The Morgan fingerprint density at radius 3 is 2.74 bits per heavy atom. The molecule has 0 unspecified atom stereocenters. The molecule has 0 radical (unpaired) electrons. The lowest BCUT2D eigenvalue weighted by atomic mass is 10.1. The molecule has 6 nitrogen and oxygen atoms in total. The first-order chi connectivity index (χ1) is 11.2. The summed E-state index contributed by atoms with van der Waals surface area (Å²) in [7, 11) is 0.